The lowest BCUT2D eigenvalue weighted by Gasteiger charge is -2.27. The minimum atomic E-state index is -0.791. The van der Waals surface area contributed by atoms with Gasteiger partial charge in [0.15, 0.2) is 5.82 Å². The highest BCUT2D eigenvalue weighted by molar-refractivity contribution is 6.25. The second-order valence-electron chi connectivity index (χ2n) is 7.88. The van der Waals surface area contributed by atoms with Gasteiger partial charge in [-0.1, -0.05) is 29.4 Å². The Morgan fingerprint density at radius 2 is 1.73 bits per heavy atom. The summed E-state index contributed by atoms with van der Waals surface area (Å²) >= 11 is 0. The van der Waals surface area contributed by atoms with Crippen molar-refractivity contribution in [2.75, 3.05) is 6.54 Å². The van der Waals surface area contributed by atoms with Crippen molar-refractivity contribution >= 4 is 28.5 Å². The van der Waals surface area contributed by atoms with E-state index in [1.807, 2.05) is 24.3 Å². The summed E-state index contributed by atoms with van der Waals surface area (Å²) in [4.78, 5) is 43.6. The molecule has 2 aromatic carbocycles. The van der Waals surface area contributed by atoms with Gasteiger partial charge in [-0.3, -0.25) is 19.3 Å². The van der Waals surface area contributed by atoms with Crippen LogP contribution in [0.1, 0.15) is 59.1 Å². The molecule has 4 rings (SSSR count). The third-order valence-electron chi connectivity index (χ3n) is 5.18. The van der Waals surface area contributed by atoms with Gasteiger partial charge in [0, 0.05) is 36.4 Å². The molecular formula is C22H22N4O4. The number of aromatic nitrogens is 2. The average Bonchev–Trinajstić information content (AvgIpc) is 3.15. The van der Waals surface area contributed by atoms with E-state index >= 15 is 0 Å². The number of carbonyl (C=O) groups is 3. The van der Waals surface area contributed by atoms with Crippen molar-refractivity contribution in [3.63, 3.8) is 0 Å². The monoisotopic (exact) mass is 406 g/mol. The quantitative estimate of drug-likeness (QED) is 0.631. The first-order valence-corrected chi connectivity index (χ1v) is 9.77. The van der Waals surface area contributed by atoms with Gasteiger partial charge in [-0.15, -0.1) is 0 Å². The Hall–Kier alpha value is -3.55. The zero-order valence-electron chi connectivity index (χ0n) is 17.1. The van der Waals surface area contributed by atoms with Crippen molar-refractivity contribution in [3.8, 4) is 0 Å². The summed E-state index contributed by atoms with van der Waals surface area (Å²) in [6.07, 6.45) is 0.506. The molecule has 1 N–H and O–H groups in total. The van der Waals surface area contributed by atoms with E-state index in [1.165, 1.54) is 4.90 Å². The molecular weight excluding hydrogens is 384 g/mol. The zero-order valence-corrected chi connectivity index (χ0v) is 17.1. The lowest BCUT2D eigenvalue weighted by atomic mass is 9.94. The van der Waals surface area contributed by atoms with E-state index in [-0.39, 0.29) is 30.7 Å². The molecule has 0 spiro atoms. The Morgan fingerprint density at radius 1 is 1.10 bits per heavy atom. The fourth-order valence-electron chi connectivity index (χ4n) is 3.70. The second kappa shape index (κ2) is 7.37. The molecule has 1 aliphatic rings. The first-order chi connectivity index (χ1) is 14.3. The van der Waals surface area contributed by atoms with Crippen molar-refractivity contribution < 1.29 is 18.9 Å². The van der Waals surface area contributed by atoms with E-state index in [4.69, 9.17) is 4.52 Å². The normalized spacial score (nSPS) is 13.8. The number of aryl methyl sites for hydroxylation is 1. The van der Waals surface area contributed by atoms with Gasteiger partial charge < -0.3 is 9.84 Å². The second-order valence-corrected chi connectivity index (χ2v) is 7.88. The Kier molecular flexibility index (Phi) is 4.85. The Morgan fingerprint density at radius 3 is 2.30 bits per heavy atom. The number of carbonyl (C=O) groups excluding carboxylic acids is 3. The van der Waals surface area contributed by atoms with Crippen LogP contribution in [0.3, 0.4) is 0 Å². The molecule has 30 heavy (non-hydrogen) atoms. The number of imide groups is 1. The molecule has 154 valence electrons. The molecule has 8 nitrogen and oxygen atoms in total. The molecule has 0 saturated carbocycles. The maximum atomic E-state index is 12.9. The largest absolute Gasteiger partial charge is 0.344 e. The smallest absolute Gasteiger partial charge is 0.261 e. The molecule has 0 saturated heterocycles. The molecule has 0 aliphatic carbocycles. The first-order valence-electron chi connectivity index (χ1n) is 9.77. The summed E-state index contributed by atoms with van der Waals surface area (Å²) in [7, 11) is 0. The summed E-state index contributed by atoms with van der Waals surface area (Å²) < 4.78 is 4.97. The number of hydrogen-bond donors (Lipinski definition) is 1. The molecule has 0 atom stereocenters. The summed E-state index contributed by atoms with van der Waals surface area (Å²) in [5.74, 6) is -0.0642. The average molecular weight is 406 g/mol. The highest BCUT2D eigenvalue weighted by Gasteiger charge is 2.33. The number of hydrogen-bond acceptors (Lipinski definition) is 6. The Balaban J connectivity index is 1.41. The maximum absolute atomic E-state index is 12.9. The van der Waals surface area contributed by atoms with E-state index in [1.54, 1.807) is 32.9 Å². The molecule has 0 fully saturated rings. The van der Waals surface area contributed by atoms with Gasteiger partial charge >= 0.3 is 0 Å². The topological polar surface area (TPSA) is 105 Å². The summed E-state index contributed by atoms with van der Waals surface area (Å²) in [6.45, 7) is 5.41. The maximum Gasteiger partial charge on any atom is 0.261 e. The molecule has 0 bridgehead atoms. The third kappa shape index (κ3) is 3.45. The van der Waals surface area contributed by atoms with Crippen LogP contribution in [0, 0.1) is 6.92 Å². The number of rotatable bonds is 6. The summed E-state index contributed by atoms with van der Waals surface area (Å²) in [6, 6.07) is 10.8. The lowest BCUT2D eigenvalue weighted by Crippen LogP contribution is -2.43. The molecule has 3 aromatic rings. The Bertz CT molecular complexity index is 1110. The first kappa shape index (κ1) is 19.8. The highest BCUT2D eigenvalue weighted by Crippen LogP contribution is 2.30. The molecule has 0 radical (unpaired) electrons. The van der Waals surface area contributed by atoms with Crippen LogP contribution in [0.5, 0.6) is 0 Å². The number of nitrogens with one attached hydrogen (secondary N) is 1. The molecule has 1 aromatic heterocycles. The minimum absolute atomic E-state index is 0.156. The van der Waals surface area contributed by atoms with Crippen molar-refractivity contribution in [2.24, 2.45) is 0 Å². The van der Waals surface area contributed by atoms with Gasteiger partial charge in [-0.2, -0.15) is 4.98 Å². The third-order valence-corrected chi connectivity index (χ3v) is 5.18. The van der Waals surface area contributed by atoms with Crippen LogP contribution >= 0.6 is 0 Å². The molecule has 8 heteroatoms. The standard InChI is InChI=1S/C22H22N4O4/c1-13-23-21(25-30-13)22(2,3)24-17(27)11-6-12-26-19(28)15-9-4-7-14-8-5-10-16(18(14)15)20(26)29/h4-5,7-10H,6,11-12H2,1-3H3,(H,24,27). The fraction of sp³-hybridized carbons (Fsp3) is 0.318. The van der Waals surface area contributed by atoms with Crippen LogP contribution < -0.4 is 5.32 Å². The Labute approximate surface area is 173 Å². The van der Waals surface area contributed by atoms with Crippen LogP contribution in [0.2, 0.25) is 0 Å². The molecule has 2 heterocycles. The van der Waals surface area contributed by atoms with Gasteiger partial charge in [0.25, 0.3) is 11.8 Å². The van der Waals surface area contributed by atoms with E-state index in [0.717, 1.165) is 5.39 Å². The van der Waals surface area contributed by atoms with Crippen molar-refractivity contribution in [2.45, 2.75) is 39.2 Å². The highest BCUT2D eigenvalue weighted by atomic mass is 16.5. The molecule has 0 unspecified atom stereocenters. The van der Waals surface area contributed by atoms with Gasteiger partial charge in [0.1, 0.15) is 0 Å². The van der Waals surface area contributed by atoms with Crippen LogP contribution in [0.25, 0.3) is 10.8 Å². The number of amides is 3. The van der Waals surface area contributed by atoms with Gasteiger partial charge in [0.05, 0.1) is 5.54 Å². The lowest BCUT2D eigenvalue weighted by molar-refractivity contribution is -0.123. The summed E-state index contributed by atoms with van der Waals surface area (Å²) in [5, 5.41) is 8.28. The predicted molar refractivity (Wildman–Crippen MR) is 109 cm³/mol. The van der Waals surface area contributed by atoms with Crippen LogP contribution in [0.4, 0.5) is 0 Å². The van der Waals surface area contributed by atoms with Crippen molar-refractivity contribution in [1.29, 1.82) is 0 Å². The van der Waals surface area contributed by atoms with Crippen LogP contribution in [-0.4, -0.2) is 39.3 Å². The van der Waals surface area contributed by atoms with Gasteiger partial charge in [-0.05, 0) is 37.8 Å². The number of nitrogens with zero attached hydrogens (tertiary/aromatic N) is 3. The number of benzene rings is 2. The van der Waals surface area contributed by atoms with Gasteiger partial charge in [-0.25, -0.2) is 0 Å². The SMILES string of the molecule is Cc1nc(C(C)(C)NC(=O)CCCN2C(=O)c3cccc4cccc(c34)C2=O)no1. The van der Waals surface area contributed by atoms with Crippen LogP contribution in [-0.2, 0) is 10.3 Å². The summed E-state index contributed by atoms with van der Waals surface area (Å²) in [5.41, 5.74) is 0.238. The van der Waals surface area contributed by atoms with Crippen molar-refractivity contribution in [3.05, 3.63) is 59.2 Å². The predicted octanol–water partition coefficient (Wildman–Crippen LogP) is 2.96. The fourth-order valence-corrected chi connectivity index (χ4v) is 3.70. The van der Waals surface area contributed by atoms with E-state index in [9.17, 15) is 14.4 Å². The van der Waals surface area contributed by atoms with E-state index in [0.29, 0.717) is 34.6 Å². The van der Waals surface area contributed by atoms with Crippen molar-refractivity contribution in [1.82, 2.24) is 20.4 Å². The minimum Gasteiger partial charge on any atom is -0.344 e. The van der Waals surface area contributed by atoms with Crippen LogP contribution in [0.15, 0.2) is 40.9 Å². The van der Waals surface area contributed by atoms with E-state index < -0.39 is 5.54 Å². The zero-order chi connectivity index (χ0) is 21.5. The molecule has 3 amide bonds. The molecule has 1 aliphatic heterocycles. The van der Waals surface area contributed by atoms with E-state index in [2.05, 4.69) is 15.5 Å². The van der Waals surface area contributed by atoms with Gasteiger partial charge in [0.2, 0.25) is 11.8 Å².